The zero-order valence-electron chi connectivity index (χ0n) is 6.44. The molecule has 0 amide bonds. The molecule has 1 heterocycles. The van der Waals surface area contributed by atoms with Crippen molar-refractivity contribution >= 4 is 22.9 Å². The summed E-state index contributed by atoms with van der Waals surface area (Å²) in [4.78, 5) is 16.3. The monoisotopic (exact) mass is 174 g/mol. The Morgan fingerprint density at radius 3 is 2.73 bits per heavy atom. The van der Waals surface area contributed by atoms with Crippen molar-refractivity contribution < 1.29 is 9.90 Å². The Morgan fingerprint density at radius 2 is 2.45 bits per heavy atom. The van der Waals surface area contributed by atoms with Crippen LogP contribution in [0.15, 0.2) is 4.99 Å². The number of rotatable bonds is 1. The molecular weight excluding hydrogens is 164 g/mol. The minimum absolute atomic E-state index is 0.544. The van der Waals surface area contributed by atoms with Crippen molar-refractivity contribution in [2.75, 3.05) is 19.8 Å². The molecule has 0 aromatic rings. The number of amidine groups is 1. The van der Waals surface area contributed by atoms with Gasteiger partial charge in [-0.15, -0.1) is 0 Å². The average molecular weight is 174 g/mol. The Morgan fingerprint density at radius 1 is 1.82 bits per heavy atom. The maximum atomic E-state index is 10.4. The van der Waals surface area contributed by atoms with Gasteiger partial charge < -0.3 is 10.0 Å². The van der Waals surface area contributed by atoms with Crippen LogP contribution < -0.4 is 0 Å². The van der Waals surface area contributed by atoms with Gasteiger partial charge in [-0.25, -0.2) is 9.79 Å². The Kier molecular flexibility index (Phi) is 2.38. The Balaban J connectivity index is 2.61. The van der Waals surface area contributed by atoms with Crippen LogP contribution in [-0.2, 0) is 4.79 Å². The first-order valence-corrected chi connectivity index (χ1v) is 4.20. The quantitative estimate of drug-likeness (QED) is 0.612. The lowest BCUT2D eigenvalue weighted by atomic mass is 10.4. The summed E-state index contributed by atoms with van der Waals surface area (Å²) in [5, 5.41) is 9.38. The summed E-state index contributed by atoms with van der Waals surface area (Å²) in [6, 6.07) is -0.544. The van der Waals surface area contributed by atoms with Gasteiger partial charge in [0.1, 0.15) is 0 Å². The fourth-order valence-electron chi connectivity index (χ4n) is 0.732. The van der Waals surface area contributed by atoms with Crippen molar-refractivity contribution in [1.29, 1.82) is 0 Å². The van der Waals surface area contributed by atoms with Crippen molar-refractivity contribution in [3.63, 3.8) is 0 Å². The summed E-state index contributed by atoms with van der Waals surface area (Å²) in [6.45, 7) is 0. The molecule has 4 nitrogen and oxygen atoms in total. The van der Waals surface area contributed by atoms with Crippen LogP contribution in [0.3, 0.4) is 0 Å². The van der Waals surface area contributed by atoms with Crippen LogP contribution in [0.1, 0.15) is 0 Å². The standard InChI is InChI=1S/C6H10N2O2S/c1-8(2)6-7-4(3-11-6)5(9)10/h4H,3H2,1-2H3,(H,9,10). The van der Waals surface area contributed by atoms with Crippen LogP contribution in [0, 0.1) is 0 Å². The van der Waals surface area contributed by atoms with Gasteiger partial charge in [0.25, 0.3) is 0 Å². The molecule has 0 radical (unpaired) electrons. The summed E-state index contributed by atoms with van der Waals surface area (Å²) < 4.78 is 0. The normalized spacial score (nSPS) is 23.1. The Bertz CT molecular complexity index is 203. The second-order valence-corrected chi connectivity index (χ2v) is 3.46. The second kappa shape index (κ2) is 3.13. The molecule has 0 aromatic carbocycles. The topological polar surface area (TPSA) is 52.9 Å². The summed E-state index contributed by atoms with van der Waals surface area (Å²) in [5.74, 6) is -0.280. The predicted octanol–water partition coefficient (Wildman–Crippen LogP) is 0.104. The summed E-state index contributed by atoms with van der Waals surface area (Å²) in [6.07, 6.45) is 0. The van der Waals surface area contributed by atoms with E-state index >= 15 is 0 Å². The molecule has 1 atom stereocenters. The highest BCUT2D eigenvalue weighted by molar-refractivity contribution is 8.14. The van der Waals surface area contributed by atoms with Crippen LogP contribution in [0.25, 0.3) is 0 Å². The van der Waals surface area contributed by atoms with Gasteiger partial charge in [0.05, 0.1) is 0 Å². The van der Waals surface area contributed by atoms with E-state index in [2.05, 4.69) is 4.99 Å². The van der Waals surface area contributed by atoms with Crippen LogP contribution >= 0.6 is 11.8 Å². The SMILES string of the molecule is CN(C)C1=NC(C(=O)O)CS1. The smallest absolute Gasteiger partial charge is 0.329 e. The molecule has 62 valence electrons. The first kappa shape index (κ1) is 8.39. The maximum Gasteiger partial charge on any atom is 0.329 e. The number of hydrogen-bond acceptors (Lipinski definition) is 4. The second-order valence-electron chi connectivity index (χ2n) is 2.47. The lowest BCUT2D eigenvalue weighted by Gasteiger charge is -2.08. The van der Waals surface area contributed by atoms with E-state index in [-0.39, 0.29) is 0 Å². The number of aliphatic carboxylic acids is 1. The average Bonchev–Trinajstić information content (AvgIpc) is 2.33. The summed E-state index contributed by atoms with van der Waals surface area (Å²) >= 11 is 1.48. The number of carboxylic acids is 1. The van der Waals surface area contributed by atoms with Gasteiger partial charge in [0, 0.05) is 19.8 Å². The highest BCUT2D eigenvalue weighted by Crippen LogP contribution is 2.18. The Labute approximate surface area is 69.3 Å². The third-order valence-electron chi connectivity index (χ3n) is 1.30. The van der Waals surface area contributed by atoms with E-state index < -0.39 is 12.0 Å². The van der Waals surface area contributed by atoms with Crippen LogP contribution in [0.2, 0.25) is 0 Å². The van der Waals surface area contributed by atoms with E-state index in [1.165, 1.54) is 11.8 Å². The number of aliphatic imine (C=N–C) groups is 1. The van der Waals surface area contributed by atoms with Gasteiger partial charge in [-0.1, -0.05) is 11.8 Å². The number of thioether (sulfide) groups is 1. The van der Waals surface area contributed by atoms with Gasteiger partial charge in [-0.05, 0) is 0 Å². The molecule has 1 unspecified atom stereocenters. The van der Waals surface area contributed by atoms with E-state index in [1.807, 2.05) is 19.0 Å². The first-order valence-electron chi connectivity index (χ1n) is 3.22. The molecule has 0 fully saturated rings. The lowest BCUT2D eigenvalue weighted by molar-refractivity contribution is -0.137. The van der Waals surface area contributed by atoms with Crippen molar-refractivity contribution in [3.05, 3.63) is 0 Å². The highest BCUT2D eigenvalue weighted by atomic mass is 32.2. The molecule has 0 spiro atoms. The van der Waals surface area contributed by atoms with Gasteiger partial charge in [0.2, 0.25) is 0 Å². The largest absolute Gasteiger partial charge is 0.480 e. The minimum Gasteiger partial charge on any atom is -0.480 e. The van der Waals surface area contributed by atoms with E-state index in [0.717, 1.165) is 5.17 Å². The van der Waals surface area contributed by atoms with Crippen molar-refractivity contribution in [2.24, 2.45) is 4.99 Å². The molecule has 0 saturated carbocycles. The number of carboxylic acid groups (broad SMARTS) is 1. The number of nitrogens with zero attached hydrogens (tertiary/aromatic N) is 2. The number of carbonyl (C=O) groups is 1. The molecule has 0 saturated heterocycles. The van der Waals surface area contributed by atoms with Crippen LogP contribution in [-0.4, -0.2) is 47.0 Å². The molecule has 1 aliphatic rings. The molecule has 0 bridgehead atoms. The molecule has 11 heavy (non-hydrogen) atoms. The predicted molar refractivity (Wildman–Crippen MR) is 45.0 cm³/mol. The third-order valence-corrected chi connectivity index (χ3v) is 2.52. The molecule has 1 N–H and O–H groups in total. The fraction of sp³-hybridized carbons (Fsp3) is 0.667. The van der Waals surface area contributed by atoms with Gasteiger partial charge in [-0.2, -0.15) is 0 Å². The van der Waals surface area contributed by atoms with Crippen molar-refractivity contribution in [3.8, 4) is 0 Å². The van der Waals surface area contributed by atoms with E-state index in [0.29, 0.717) is 5.75 Å². The molecule has 5 heteroatoms. The fourth-order valence-corrected chi connectivity index (χ4v) is 1.72. The van der Waals surface area contributed by atoms with E-state index in [9.17, 15) is 4.79 Å². The molecule has 1 rings (SSSR count). The third kappa shape index (κ3) is 1.86. The highest BCUT2D eigenvalue weighted by Gasteiger charge is 2.24. The molecular formula is C6H10N2O2S. The zero-order chi connectivity index (χ0) is 8.43. The summed E-state index contributed by atoms with van der Waals surface area (Å²) in [5.41, 5.74) is 0. The van der Waals surface area contributed by atoms with Gasteiger partial charge >= 0.3 is 5.97 Å². The minimum atomic E-state index is -0.839. The molecule has 0 aromatic heterocycles. The van der Waals surface area contributed by atoms with Gasteiger partial charge in [0.15, 0.2) is 11.2 Å². The number of hydrogen-bond donors (Lipinski definition) is 1. The lowest BCUT2D eigenvalue weighted by Crippen LogP contribution is -2.19. The van der Waals surface area contributed by atoms with E-state index in [4.69, 9.17) is 5.11 Å². The van der Waals surface area contributed by atoms with Crippen LogP contribution in [0.5, 0.6) is 0 Å². The molecule has 0 aliphatic carbocycles. The van der Waals surface area contributed by atoms with Crippen molar-refractivity contribution in [2.45, 2.75) is 6.04 Å². The molecule has 1 aliphatic heterocycles. The zero-order valence-corrected chi connectivity index (χ0v) is 7.26. The maximum absolute atomic E-state index is 10.4. The van der Waals surface area contributed by atoms with Crippen LogP contribution in [0.4, 0.5) is 0 Å². The van der Waals surface area contributed by atoms with Crippen molar-refractivity contribution in [1.82, 2.24) is 4.90 Å². The summed E-state index contributed by atoms with van der Waals surface area (Å²) in [7, 11) is 3.71. The van der Waals surface area contributed by atoms with Gasteiger partial charge in [-0.3, -0.25) is 0 Å². The first-order chi connectivity index (χ1) is 5.11. The Hall–Kier alpha value is -0.710. The van der Waals surface area contributed by atoms with E-state index in [1.54, 1.807) is 0 Å².